The van der Waals surface area contributed by atoms with Crippen molar-refractivity contribution in [2.24, 2.45) is 0 Å². The Morgan fingerprint density at radius 1 is 0.812 bits per heavy atom. The molecule has 0 aliphatic carbocycles. The fourth-order valence-electron chi connectivity index (χ4n) is 4.41. The summed E-state index contributed by atoms with van der Waals surface area (Å²) in [5, 5.41) is 1.85. The van der Waals surface area contributed by atoms with Crippen LogP contribution in [0.25, 0.3) is 34.0 Å². The van der Waals surface area contributed by atoms with E-state index in [1.165, 1.54) is 22.2 Å². The van der Waals surface area contributed by atoms with Crippen LogP contribution in [-0.2, 0) is 13.1 Å². The summed E-state index contributed by atoms with van der Waals surface area (Å²) in [5.74, 6) is 0.676. The molecule has 0 unspecified atom stereocenters. The Morgan fingerprint density at radius 3 is 2.28 bits per heavy atom. The maximum absolute atomic E-state index is 13.0. The van der Waals surface area contributed by atoms with Gasteiger partial charge in [-0.1, -0.05) is 60.7 Å². The Bertz CT molecular complexity index is 1510. The number of hydrogen-bond acceptors (Lipinski definition) is 2. The average Bonchev–Trinajstić information content (AvgIpc) is 3.09. The Hall–Kier alpha value is -3.92. The van der Waals surface area contributed by atoms with Gasteiger partial charge in [0.15, 0.2) is 0 Å². The highest BCUT2D eigenvalue weighted by molar-refractivity contribution is 5.93. The van der Waals surface area contributed by atoms with E-state index < -0.39 is 0 Å². The lowest BCUT2D eigenvalue weighted by Crippen LogP contribution is -2.22. The molecule has 5 rings (SSSR count). The molecular weight excluding hydrogens is 394 g/mol. The quantitative estimate of drug-likeness (QED) is 0.356. The van der Waals surface area contributed by atoms with Gasteiger partial charge in [-0.15, -0.1) is 0 Å². The van der Waals surface area contributed by atoms with Crippen molar-refractivity contribution in [3.05, 3.63) is 112 Å². The summed E-state index contributed by atoms with van der Waals surface area (Å²) < 4.78 is 4.09. The number of benzene rings is 3. The van der Waals surface area contributed by atoms with E-state index in [2.05, 4.69) is 66.1 Å². The van der Waals surface area contributed by atoms with Crippen molar-refractivity contribution in [1.82, 2.24) is 14.1 Å². The van der Waals surface area contributed by atoms with Gasteiger partial charge >= 0.3 is 0 Å². The molecule has 0 saturated heterocycles. The highest BCUT2D eigenvalue weighted by Gasteiger charge is 2.13. The van der Waals surface area contributed by atoms with Gasteiger partial charge in [0.25, 0.3) is 5.56 Å². The lowest BCUT2D eigenvalue weighted by molar-refractivity contribution is 0.708. The van der Waals surface area contributed by atoms with Gasteiger partial charge in [-0.3, -0.25) is 9.36 Å². The summed E-state index contributed by atoms with van der Waals surface area (Å²) in [7, 11) is 0. The van der Waals surface area contributed by atoms with Crippen LogP contribution in [0.3, 0.4) is 0 Å². The van der Waals surface area contributed by atoms with Gasteiger partial charge in [0.05, 0.1) is 10.9 Å². The molecule has 0 amide bonds. The van der Waals surface area contributed by atoms with Crippen LogP contribution in [0.15, 0.2) is 83.7 Å². The standard InChI is InChI=1S/C28H25N3O/c1-3-30-27(29-25-15-9-7-14-24(25)28(30)32)18-17-22-20(2)31(19-21-11-5-4-6-12-21)26-16-10-8-13-23(22)26/h4-18H,3,19H2,1-2H3. The zero-order chi connectivity index (χ0) is 22.1. The van der Waals surface area contributed by atoms with Gasteiger partial charge < -0.3 is 4.57 Å². The van der Waals surface area contributed by atoms with E-state index in [0.717, 1.165) is 17.6 Å². The molecule has 0 spiro atoms. The van der Waals surface area contributed by atoms with E-state index in [4.69, 9.17) is 4.98 Å². The average molecular weight is 420 g/mol. The monoisotopic (exact) mass is 419 g/mol. The van der Waals surface area contributed by atoms with Gasteiger partial charge in [0.2, 0.25) is 0 Å². The number of nitrogens with zero attached hydrogens (tertiary/aromatic N) is 3. The van der Waals surface area contributed by atoms with Crippen molar-refractivity contribution in [1.29, 1.82) is 0 Å². The van der Waals surface area contributed by atoms with Gasteiger partial charge in [-0.25, -0.2) is 4.98 Å². The van der Waals surface area contributed by atoms with Gasteiger partial charge in [0, 0.05) is 35.2 Å². The van der Waals surface area contributed by atoms with Crippen LogP contribution in [0.5, 0.6) is 0 Å². The molecule has 0 aliphatic heterocycles. The van der Waals surface area contributed by atoms with Crippen molar-refractivity contribution in [3.8, 4) is 0 Å². The van der Waals surface area contributed by atoms with Gasteiger partial charge in [0.1, 0.15) is 5.82 Å². The first kappa shape index (κ1) is 20.0. The highest BCUT2D eigenvalue weighted by atomic mass is 16.1. The molecule has 0 atom stereocenters. The molecule has 5 aromatic rings. The number of hydrogen-bond donors (Lipinski definition) is 0. The summed E-state index contributed by atoms with van der Waals surface area (Å²) in [5.41, 5.74) is 5.54. The summed E-state index contributed by atoms with van der Waals surface area (Å²) in [6.45, 7) is 5.52. The smallest absolute Gasteiger partial charge is 0.261 e. The van der Waals surface area contributed by atoms with Crippen LogP contribution in [0.1, 0.15) is 29.6 Å². The van der Waals surface area contributed by atoms with Crippen LogP contribution in [0.4, 0.5) is 0 Å². The van der Waals surface area contributed by atoms with E-state index in [9.17, 15) is 4.79 Å². The molecule has 0 radical (unpaired) electrons. The van der Waals surface area contributed by atoms with Crippen LogP contribution in [-0.4, -0.2) is 14.1 Å². The molecule has 158 valence electrons. The SMILES string of the molecule is CCn1c(C=Cc2c(C)n(Cc3ccccc3)c3ccccc23)nc2ccccc2c1=O. The Kier molecular flexibility index (Phi) is 5.20. The fourth-order valence-corrected chi connectivity index (χ4v) is 4.41. The number of para-hydroxylation sites is 2. The number of fused-ring (bicyclic) bond motifs is 2. The molecule has 3 aromatic carbocycles. The Balaban J connectivity index is 1.64. The minimum Gasteiger partial charge on any atom is -0.340 e. The van der Waals surface area contributed by atoms with Gasteiger partial charge in [-0.2, -0.15) is 0 Å². The largest absolute Gasteiger partial charge is 0.340 e. The zero-order valence-corrected chi connectivity index (χ0v) is 18.3. The van der Waals surface area contributed by atoms with E-state index >= 15 is 0 Å². The minimum atomic E-state index is 0.000905. The van der Waals surface area contributed by atoms with Crippen LogP contribution >= 0.6 is 0 Å². The molecule has 2 heterocycles. The number of rotatable bonds is 5. The third kappa shape index (κ3) is 3.44. The molecule has 0 saturated carbocycles. The van der Waals surface area contributed by atoms with E-state index in [1.807, 2.05) is 43.3 Å². The van der Waals surface area contributed by atoms with Crippen molar-refractivity contribution in [2.75, 3.05) is 0 Å². The second-order valence-corrected chi connectivity index (χ2v) is 7.96. The Labute approximate surface area is 187 Å². The fraction of sp³-hybridized carbons (Fsp3) is 0.143. The molecular formula is C28H25N3O. The summed E-state index contributed by atoms with van der Waals surface area (Å²) >= 11 is 0. The third-order valence-electron chi connectivity index (χ3n) is 6.07. The van der Waals surface area contributed by atoms with Gasteiger partial charge in [-0.05, 0) is 49.8 Å². The second-order valence-electron chi connectivity index (χ2n) is 7.96. The lowest BCUT2D eigenvalue weighted by atomic mass is 10.1. The van der Waals surface area contributed by atoms with Crippen LogP contribution in [0, 0.1) is 6.92 Å². The molecule has 0 aliphatic rings. The topological polar surface area (TPSA) is 39.8 Å². The molecule has 0 bridgehead atoms. The normalized spacial score (nSPS) is 11.7. The van der Waals surface area contributed by atoms with Crippen LogP contribution in [0.2, 0.25) is 0 Å². The summed E-state index contributed by atoms with van der Waals surface area (Å²) in [4.78, 5) is 17.7. The molecule has 32 heavy (non-hydrogen) atoms. The van der Waals surface area contributed by atoms with Crippen molar-refractivity contribution < 1.29 is 0 Å². The lowest BCUT2D eigenvalue weighted by Gasteiger charge is -2.09. The first-order chi connectivity index (χ1) is 15.7. The van der Waals surface area contributed by atoms with Crippen molar-refractivity contribution in [2.45, 2.75) is 26.9 Å². The third-order valence-corrected chi connectivity index (χ3v) is 6.07. The second kappa shape index (κ2) is 8.31. The van der Waals surface area contributed by atoms with E-state index in [-0.39, 0.29) is 5.56 Å². The van der Waals surface area contributed by atoms with Crippen molar-refractivity contribution >= 4 is 34.0 Å². The van der Waals surface area contributed by atoms with Crippen molar-refractivity contribution in [3.63, 3.8) is 0 Å². The number of aromatic nitrogens is 3. The summed E-state index contributed by atoms with van der Waals surface area (Å²) in [6.07, 6.45) is 4.07. The zero-order valence-electron chi connectivity index (χ0n) is 18.3. The first-order valence-corrected chi connectivity index (χ1v) is 11.0. The molecule has 4 nitrogen and oxygen atoms in total. The molecule has 0 N–H and O–H groups in total. The maximum Gasteiger partial charge on any atom is 0.261 e. The van der Waals surface area contributed by atoms with E-state index in [1.54, 1.807) is 4.57 Å². The Morgan fingerprint density at radius 2 is 1.50 bits per heavy atom. The summed E-state index contributed by atoms with van der Waals surface area (Å²) in [6, 6.07) is 26.5. The minimum absolute atomic E-state index is 0.000905. The highest BCUT2D eigenvalue weighted by Crippen LogP contribution is 2.28. The predicted octanol–water partition coefficient (Wildman–Crippen LogP) is 5.90. The molecule has 2 aromatic heterocycles. The predicted molar refractivity (Wildman–Crippen MR) is 133 cm³/mol. The maximum atomic E-state index is 13.0. The first-order valence-electron chi connectivity index (χ1n) is 11.0. The van der Waals surface area contributed by atoms with E-state index in [0.29, 0.717) is 17.8 Å². The molecule has 4 heteroatoms. The van der Waals surface area contributed by atoms with Crippen LogP contribution < -0.4 is 5.56 Å². The molecule has 0 fully saturated rings.